The molecule has 1 unspecified atom stereocenters. The fraction of sp³-hybridized carbons (Fsp3) is 0.200. The maximum absolute atomic E-state index is 12.6. The smallest absolute Gasteiger partial charge is 0.255 e. The van der Waals surface area contributed by atoms with Gasteiger partial charge in [0.05, 0.1) is 12.1 Å². The van der Waals surface area contributed by atoms with Crippen molar-refractivity contribution in [2.45, 2.75) is 6.10 Å². The molecule has 1 rings (SSSR count). The normalized spacial score (nSPS) is 11.9. The second-order valence-electron chi connectivity index (χ2n) is 3.29. The molecule has 1 aromatic carbocycles. The van der Waals surface area contributed by atoms with Crippen LogP contribution in [0.3, 0.4) is 0 Å². The maximum Gasteiger partial charge on any atom is 0.255 e. The number of benzene rings is 1. The minimum atomic E-state index is -1.51. The van der Waals surface area contributed by atoms with Crippen LogP contribution in [0.25, 0.3) is 0 Å². The number of aliphatic hydroxyl groups is 1. The molecule has 0 aliphatic rings. The highest BCUT2D eigenvalue weighted by Gasteiger charge is 2.15. The molecule has 0 aliphatic heterocycles. The van der Waals surface area contributed by atoms with Crippen LogP contribution in [-0.2, 0) is 4.79 Å². The van der Waals surface area contributed by atoms with Gasteiger partial charge in [0, 0.05) is 6.07 Å². The van der Waals surface area contributed by atoms with Crippen molar-refractivity contribution in [3.63, 3.8) is 0 Å². The third kappa shape index (κ3) is 3.42. The summed E-state index contributed by atoms with van der Waals surface area (Å²) >= 11 is 0. The van der Waals surface area contributed by atoms with Crippen LogP contribution in [0.5, 0.6) is 5.75 Å². The molecule has 0 aromatic heterocycles. The Balaban J connectivity index is 2.67. The van der Waals surface area contributed by atoms with E-state index in [0.717, 1.165) is 18.2 Å². The van der Waals surface area contributed by atoms with Gasteiger partial charge >= 0.3 is 0 Å². The van der Waals surface area contributed by atoms with E-state index in [0.29, 0.717) is 0 Å². The molecule has 0 spiro atoms. The van der Waals surface area contributed by atoms with E-state index in [1.165, 1.54) is 0 Å². The first-order valence-electron chi connectivity index (χ1n) is 4.66. The number of aliphatic hydroxyl groups excluding tert-OH is 1. The number of hydrogen-bond acceptors (Lipinski definition) is 4. The third-order valence-electron chi connectivity index (χ3n) is 1.99. The lowest BCUT2D eigenvalue weighted by atomic mass is 10.2. The zero-order valence-corrected chi connectivity index (χ0v) is 8.68. The van der Waals surface area contributed by atoms with E-state index in [9.17, 15) is 19.1 Å². The number of carbonyl (C=O) groups is 2. The number of primary amides is 1. The number of halogens is 1. The van der Waals surface area contributed by atoms with Crippen LogP contribution in [-0.4, -0.2) is 34.7 Å². The van der Waals surface area contributed by atoms with Crippen molar-refractivity contribution in [3.8, 4) is 5.75 Å². The van der Waals surface area contributed by atoms with Crippen LogP contribution in [0.2, 0.25) is 0 Å². The quantitative estimate of drug-likeness (QED) is 0.548. The van der Waals surface area contributed by atoms with Gasteiger partial charge in [0.2, 0.25) is 5.91 Å². The molecule has 1 aromatic rings. The molecule has 0 fully saturated rings. The molecule has 1 atom stereocenters. The van der Waals surface area contributed by atoms with Crippen molar-refractivity contribution in [2.24, 2.45) is 5.73 Å². The molecule has 0 bridgehead atoms. The molecular weight excluding hydrogens is 231 g/mol. The lowest BCUT2D eigenvalue weighted by molar-refractivity contribution is -0.125. The van der Waals surface area contributed by atoms with Crippen LogP contribution in [0.1, 0.15) is 10.4 Å². The zero-order valence-electron chi connectivity index (χ0n) is 8.68. The molecule has 0 radical (unpaired) electrons. The predicted octanol–water partition coefficient (Wildman–Crippen LogP) is -0.893. The number of nitrogens with one attached hydrogen (secondary N) is 1. The largest absolute Gasteiger partial charge is 0.507 e. The molecule has 7 heteroatoms. The topological polar surface area (TPSA) is 113 Å². The highest BCUT2D eigenvalue weighted by Crippen LogP contribution is 2.17. The van der Waals surface area contributed by atoms with E-state index in [-0.39, 0.29) is 12.1 Å². The zero-order chi connectivity index (χ0) is 13.0. The predicted molar refractivity (Wildman–Crippen MR) is 55.6 cm³/mol. The van der Waals surface area contributed by atoms with Crippen LogP contribution in [0, 0.1) is 5.82 Å². The fourth-order valence-corrected chi connectivity index (χ4v) is 1.08. The minimum absolute atomic E-state index is 0.164. The number of rotatable bonds is 4. The Morgan fingerprint density at radius 1 is 1.47 bits per heavy atom. The van der Waals surface area contributed by atoms with E-state index in [1.807, 2.05) is 0 Å². The average molecular weight is 242 g/mol. The Bertz CT molecular complexity index is 450. The molecule has 17 heavy (non-hydrogen) atoms. The second kappa shape index (κ2) is 5.26. The molecule has 0 aliphatic carbocycles. The highest BCUT2D eigenvalue weighted by atomic mass is 19.1. The summed E-state index contributed by atoms with van der Waals surface area (Å²) in [5.74, 6) is -2.94. The van der Waals surface area contributed by atoms with Gasteiger partial charge in [-0.05, 0) is 12.1 Å². The molecule has 5 N–H and O–H groups in total. The number of phenols is 1. The van der Waals surface area contributed by atoms with E-state index in [2.05, 4.69) is 5.32 Å². The second-order valence-corrected chi connectivity index (χ2v) is 3.29. The van der Waals surface area contributed by atoms with Crippen LogP contribution in [0.15, 0.2) is 18.2 Å². The van der Waals surface area contributed by atoms with Gasteiger partial charge in [0.25, 0.3) is 5.91 Å². The van der Waals surface area contributed by atoms with E-state index < -0.39 is 29.5 Å². The van der Waals surface area contributed by atoms with E-state index >= 15 is 0 Å². The first-order valence-corrected chi connectivity index (χ1v) is 4.66. The van der Waals surface area contributed by atoms with Gasteiger partial charge in [0.15, 0.2) is 0 Å². The van der Waals surface area contributed by atoms with Gasteiger partial charge in [-0.3, -0.25) is 9.59 Å². The van der Waals surface area contributed by atoms with Gasteiger partial charge in [-0.2, -0.15) is 0 Å². The van der Waals surface area contributed by atoms with Crippen molar-refractivity contribution in [1.82, 2.24) is 5.32 Å². The Hall–Kier alpha value is -2.15. The summed E-state index contributed by atoms with van der Waals surface area (Å²) in [7, 11) is 0. The van der Waals surface area contributed by atoms with Crippen molar-refractivity contribution >= 4 is 11.8 Å². The van der Waals surface area contributed by atoms with E-state index in [1.54, 1.807) is 0 Å². The molecule has 92 valence electrons. The summed E-state index contributed by atoms with van der Waals surface area (Å²) in [5, 5.41) is 20.5. The Morgan fingerprint density at radius 2 is 2.12 bits per heavy atom. The summed E-state index contributed by atoms with van der Waals surface area (Å²) in [4.78, 5) is 21.9. The minimum Gasteiger partial charge on any atom is -0.507 e. The monoisotopic (exact) mass is 242 g/mol. The number of amides is 2. The fourth-order valence-electron chi connectivity index (χ4n) is 1.08. The molecule has 0 heterocycles. The van der Waals surface area contributed by atoms with Crippen LogP contribution in [0.4, 0.5) is 4.39 Å². The Kier molecular flexibility index (Phi) is 4.00. The summed E-state index contributed by atoms with van der Waals surface area (Å²) in [6.45, 7) is -0.384. The van der Waals surface area contributed by atoms with Crippen molar-refractivity contribution in [1.29, 1.82) is 0 Å². The summed E-state index contributed by atoms with van der Waals surface area (Å²) in [6.07, 6.45) is -1.51. The van der Waals surface area contributed by atoms with Crippen molar-refractivity contribution < 1.29 is 24.2 Å². The van der Waals surface area contributed by atoms with Gasteiger partial charge in [-0.25, -0.2) is 4.39 Å². The Morgan fingerprint density at radius 3 is 2.65 bits per heavy atom. The van der Waals surface area contributed by atoms with Crippen molar-refractivity contribution in [2.75, 3.05) is 6.54 Å². The van der Waals surface area contributed by atoms with Crippen LogP contribution < -0.4 is 11.1 Å². The third-order valence-corrected chi connectivity index (χ3v) is 1.99. The number of nitrogens with two attached hydrogens (primary N) is 1. The average Bonchev–Trinajstić information content (AvgIpc) is 2.25. The first-order chi connectivity index (χ1) is 7.91. The first kappa shape index (κ1) is 12.9. The number of hydrogen-bond donors (Lipinski definition) is 4. The standard InChI is InChI=1S/C10H11FN2O4/c11-5-1-2-6(7(14)3-5)10(17)13-4-8(15)9(12)16/h1-3,8,14-15H,4H2,(H2,12,16)(H,13,17). The van der Waals surface area contributed by atoms with Gasteiger partial charge < -0.3 is 21.3 Å². The molecule has 2 amide bonds. The van der Waals surface area contributed by atoms with Crippen molar-refractivity contribution in [3.05, 3.63) is 29.6 Å². The number of aromatic hydroxyl groups is 1. The summed E-state index contributed by atoms with van der Waals surface area (Å²) in [6, 6.07) is 2.86. The number of phenolic OH excluding ortho intramolecular Hbond substituents is 1. The SMILES string of the molecule is NC(=O)C(O)CNC(=O)c1ccc(F)cc1O. The van der Waals surface area contributed by atoms with Gasteiger partial charge in [-0.15, -0.1) is 0 Å². The summed E-state index contributed by atoms with van der Waals surface area (Å²) < 4.78 is 12.6. The van der Waals surface area contributed by atoms with Gasteiger partial charge in [0.1, 0.15) is 17.7 Å². The lowest BCUT2D eigenvalue weighted by Gasteiger charge is -2.09. The molecular formula is C10H11FN2O4. The van der Waals surface area contributed by atoms with E-state index in [4.69, 9.17) is 10.8 Å². The molecule has 6 nitrogen and oxygen atoms in total. The molecule has 0 saturated heterocycles. The summed E-state index contributed by atoms with van der Waals surface area (Å²) in [5.41, 5.74) is 4.61. The van der Waals surface area contributed by atoms with Gasteiger partial charge in [-0.1, -0.05) is 0 Å². The van der Waals surface area contributed by atoms with Crippen LogP contribution >= 0.6 is 0 Å². The number of carbonyl (C=O) groups excluding carboxylic acids is 2. The maximum atomic E-state index is 12.6. The lowest BCUT2D eigenvalue weighted by Crippen LogP contribution is -2.39. The highest BCUT2D eigenvalue weighted by molar-refractivity contribution is 5.97. The Labute approximate surface area is 95.9 Å². The molecule has 0 saturated carbocycles.